The molecule has 21 heavy (non-hydrogen) atoms. The van der Waals surface area contributed by atoms with Crippen molar-refractivity contribution in [1.29, 1.82) is 0 Å². The van der Waals surface area contributed by atoms with Crippen molar-refractivity contribution >= 4 is 15.9 Å². The number of nitrogens with two attached hydrogens (primary N) is 1. The molecule has 118 valence electrons. The summed E-state index contributed by atoms with van der Waals surface area (Å²) in [5.41, 5.74) is 0.259. The zero-order chi connectivity index (χ0) is 15.6. The van der Waals surface area contributed by atoms with E-state index in [4.69, 9.17) is 5.14 Å². The molecule has 1 aliphatic rings. The Hall–Kier alpha value is -1.38. The molecular formula is C13H21N3O4S. The molecule has 0 bridgehead atoms. The zero-order valence-electron chi connectivity index (χ0n) is 11.9. The van der Waals surface area contributed by atoms with E-state index >= 15 is 0 Å². The summed E-state index contributed by atoms with van der Waals surface area (Å²) in [4.78, 5) is 12.0. The Balaban J connectivity index is 1.96. The normalized spacial score (nSPS) is 23.0. The Kier molecular flexibility index (Phi) is 4.70. The summed E-state index contributed by atoms with van der Waals surface area (Å²) in [5, 5.41) is 17.3. The van der Waals surface area contributed by atoms with E-state index in [1.165, 1.54) is 16.8 Å². The van der Waals surface area contributed by atoms with Gasteiger partial charge in [-0.15, -0.1) is 0 Å². The van der Waals surface area contributed by atoms with E-state index in [2.05, 4.69) is 5.32 Å². The highest BCUT2D eigenvalue weighted by Crippen LogP contribution is 2.23. The number of rotatable bonds is 4. The lowest BCUT2D eigenvalue weighted by Crippen LogP contribution is -2.32. The highest BCUT2D eigenvalue weighted by Gasteiger charge is 2.21. The van der Waals surface area contributed by atoms with Crippen LogP contribution in [0.4, 0.5) is 0 Å². The summed E-state index contributed by atoms with van der Waals surface area (Å²) >= 11 is 0. The lowest BCUT2D eigenvalue weighted by molar-refractivity contribution is 0.0903. The molecular weight excluding hydrogens is 294 g/mol. The van der Waals surface area contributed by atoms with Gasteiger partial charge in [-0.25, -0.2) is 13.6 Å². The maximum atomic E-state index is 12.1. The van der Waals surface area contributed by atoms with Crippen LogP contribution >= 0.6 is 0 Å². The molecule has 4 N–H and O–H groups in total. The fraction of sp³-hybridized carbons (Fsp3) is 0.615. The number of aliphatic hydroxyl groups is 1. The van der Waals surface area contributed by atoms with E-state index in [9.17, 15) is 18.3 Å². The zero-order valence-corrected chi connectivity index (χ0v) is 12.8. The highest BCUT2D eigenvalue weighted by molar-refractivity contribution is 7.89. The summed E-state index contributed by atoms with van der Waals surface area (Å²) in [7, 11) is -2.21. The first-order valence-corrected chi connectivity index (χ1v) is 8.47. The number of primary sulfonamides is 1. The molecule has 0 saturated heterocycles. The van der Waals surface area contributed by atoms with Crippen molar-refractivity contribution in [2.45, 2.75) is 36.7 Å². The van der Waals surface area contributed by atoms with Gasteiger partial charge in [0.2, 0.25) is 10.0 Å². The second-order valence-electron chi connectivity index (χ2n) is 5.60. The summed E-state index contributed by atoms with van der Waals surface area (Å²) in [6.45, 7) is 0.529. The predicted molar refractivity (Wildman–Crippen MR) is 77.1 cm³/mol. The average molecular weight is 315 g/mol. The van der Waals surface area contributed by atoms with Crippen molar-refractivity contribution in [3.8, 4) is 0 Å². The molecule has 0 spiro atoms. The Morgan fingerprint density at radius 1 is 1.43 bits per heavy atom. The first-order chi connectivity index (χ1) is 9.77. The number of nitrogens with one attached hydrogen (secondary N) is 1. The quantitative estimate of drug-likeness (QED) is 0.723. The molecule has 1 aromatic rings. The Labute approximate surface area is 124 Å². The third kappa shape index (κ3) is 4.05. The highest BCUT2D eigenvalue weighted by atomic mass is 32.2. The van der Waals surface area contributed by atoms with Crippen LogP contribution in [0, 0.1) is 5.92 Å². The number of carbonyl (C=O) groups excluding carboxylic acids is 1. The largest absolute Gasteiger partial charge is 0.393 e. The average Bonchev–Trinajstić information content (AvgIpc) is 2.80. The van der Waals surface area contributed by atoms with Crippen molar-refractivity contribution in [3.63, 3.8) is 0 Å². The monoisotopic (exact) mass is 315 g/mol. The van der Waals surface area contributed by atoms with Gasteiger partial charge in [-0.1, -0.05) is 0 Å². The lowest BCUT2D eigenvalue weighted by atomic mass is 9.87. The summed E-state index contributed by atoms with van der Waals surface area (Å²) in [6.07, 6.45) is 4.40. The number of aryl methyl sites for hydroxylation is 1. The van der Waals surface area contributed by atoms with Crippen LogP contribution in [0.1, 0.15) is 36.2 Å². The standard InChI is InChI=1S/C13H21N3O4S/c1-16-8-11(21(14,19)20)6-12(16)13(18)15-7-9-2-4-10(17)5-3-9/h6,8-10,17H,2-5,7H2,1H3,(H,15,18)(H2,14,19,20). The molecule has 1 heterocycles. The molecule has 1 aromatic heterocycles. The summed E-state index contributed by atoms with van der Waals surface area (Å²) < 4.78 is 24.0. The predicted octanol–water partition coefficient (Wildman–Crippen LogP) is -0.0466. The van der Waals surface area contributed by atoms with Crippen molar-refractivity contribution in [3.05, 3.63) is 18.0 Å². The minimum atomic E-state index is -3.81. The van der Waals surface area contributed by atoms with E-state index in [1.807, 2.05) is 0 Å². The second kappa shape index (κ2) is 6.17. The molecule has 1 saturated carbocycles. The number of hydrogen-bond acceptors (Lipinski definition) is 4. The van der Waals surface area contributed by atoms with Crippen molar-refractivity contribution in [2.75, 3.05) is 6.54 Å². The molecule has 0 radical (unpaired) electrons. The number of aliphatic hydroxyl groups excluding tert-OH is 1. The smallest absolute Gasteiger partial charge is 0.267 e. The van der Waals surface area contributed by atoms with Gasteiger partial charge < -0.3 is 15.0 Å². The number of hydrogen-bond donors (Lipinski definition) is 3. The third-order valence-electron chi connectivity index (χ3n) is 3.91. The fourth-order valence-electron chi connectivity index (χ4n) is 2.59. The molecule has 0 aromatic carbocycles. The van der Waals surface area contributed by atoms with E-state index in [1.54, 1.807) is 7.05 Å². The first-order valence-electron chi connectivity index (χ1n) is 6.93. The number of amides is 1. The van der Waals surface area contributed by atoms with Gasteiger partial charge in [0.1, 0.15) is 10.6 Å². The molecule has 0 atom stereocenters. The van der Waals surface area contributed by atoms with Gasteiger partial charge in [0.15, 0.2) is 0 Å². The van der Waals surface area contributed by atoms with Crippen LogP contribution in [-0.2, 0) is 17.1 Å². The second-order valence-corrected chi connectivity index (χ2v) is 7.16. The first kappa shape index (κ1) is 16.0. The summed E-state index contributed by atoms with van der Waals surface area (Å²) in [5.74, 6) is 0.0360. The number of carbonyl (C=O) groups is 1. The van der Waals surface area contributed by atoms with Crippen LogP contribution < -0.4 is 10.5 Å². The maximum absolute atomic E-state index is 12.1. The Morgan fingerprint density at radius 2 is 2.05 bits per heavy atom. The van der Waals surface area contributed by atoms with E-state index in [0.717, 1.165) is 25.7 Å². The molecule has 1 aliphatic carbocycles. The van der Waals surface area contributed by atoms with Gasteiger partial charge >= 0.3 is 0 Å². The summed E-state index contributed by atoms with van der Waals surface area (Å²) in [6, 6.07) is 1.27. The number of sulfonamides is 1. The van der Waals surface area contributed by atoms with Gasteiger partial charge in [0.25, 0.3) is 5.91 Å². The van der Waals surface area contributed by atoms with Crippen molar-refractivity contribution in [1.82, 2.24) is 9.88 Å². The molecule has 7 nitrogen and oxygen atoms in total. The minimum Gasteiger partial charge on any atom is -0.393 e. The van der Waals surface area contributed by atoms with E-state index < -0.39 is 10.0 Å². The van der Waals surface area contributed by atoms with Gasteiger partial charge in [0, 0.05) is 19.8 Å². The van der Waals surface area contributed by atoms with E-state index in [-0.39, 0.29) is 22.6 Å². The minimum absolute atomic E-state index is 0.0732. The topological polar surface area (TPSA) is 114 Å². The van der Waals surface area contributed by atoms with Crippen LogP contribution in [0.2, 0.25) is 0 Å². The third-order valence-corrected chi connectivity index (χ3v) is 4.79. The van der Waals surface area contributed by atoms with Crippen LogP contribution in [-0.4, -0.2) is 36.6 Å². The van der Waals surface area contributed by atoms with Crippen LogP contribution in [0.25, 0.3) is 0 Å². The molecule has 0 unspecified atom stereocenters. The van der Waals surface area contributed by atoms with Crippen LogP contribution in [0.3, 0.4) is 0 Å². The maximum Gasteiger partial charge on any atom is 0.267 e. The van der Waals surface area contributed by atoms with Gasteiger partial charge in [-0.05, 0) is 37.7 Å². The number of nitrogens with zero attached hydrogens (tertiary/aromatic N) is 1. The molecule has 1 fully saturated rings. The van der Waals surface area contributed by atoms with Crippen molar-refractivity contribution < 1.29 is 18.3 Å². The van der Waals surface area contributed by atoms with E-state index in [0.29, 0.717) is 12.5 Å². The van der Waals surface area contributed by atoms with Gasteiger partial charge in [-0.3, -0.25) is 4.79 Å². The lowest BCUT2D eigenvalue weighted by Gasteiger charge is -2.25. The SMILES string of the molecule is Cn1cc(S(N)(=O)=O)cc1C(=O)NCC1CCC(O)CC1. The fourth-order valence-corrected chi connectivity index (χ4v) is 3.17. The Morgan fingerprint density at radius 3 is 2.57 bits per heavy atom. The molecule has 8 heteroatoms. The molecule has 0 aliphatic heterocycles. The number of aromatic nitrogens is 1. The molecule has 2 rings (SSSR count). The Bertz CT molecular complexity index is 615. The van der Waals surface area contributed by atoms with Gasteiger partial charge in [-0.2, -0.15) is 0 Å². The van der Waals surface area contributed by atoms with Crippen LogP contribution in [0.5, 0.6) is 0 Å². The van der Waals surface area contributed by atoms with Crippen molar-refractivity contribution in [2.24, 2.45) is 18.1 Å². The van der Waals surface area contributed by atoms with Crippen LogP contribution in [0.15, 0.2) is 17.2 Å². The van der Waals surface area contributed by atoms with Gasteiger partial charge in [0.05, 0.1) is 6.10 Å². The molecule has 1 amide bonds.